The third kappa shape index (κ3) is 3.20. The summed E-state index contributed by atoms with van der Waals surface area (Å²) in [5.74, 6) is 0.170. The molecule has 1 rings (SSSR count). The fraction of sp³-hybridized carbons (Fsp3) is 0.273. The largest absolute Gasteiger partial charge is 0.359 e. The molecule has 0 amide bonds. The van der Waals surface area contributed by atoms with Crippen LogP contribution in [-0.2, 0) is 0 Å². The number of hydrogen-bond acceptors (Lipinski definition) is 2. The van der Waals surface area contributed by atoms with Gasteiger partial charge in [-0.2, -0.15) is 0 Å². The van der Waals surface area contributed by atoms with Crippen LogP contribution in [0.15, 0.2) is 18.2 Å². The van der Waals surface area contributed by atoms with E-state index in [2.05, 4.69) is 16.0 Å². The highest BCUT2D eigenvalue weighted by atomic mass is 32.1. The molecule has 0 aliphatic carbocycles. The molecular weight excluding hydrogens is 220 g/mol. The van der Waals surface area contributed by atoms with Crippen molar-refractivity contribution in [1.29, 1.82) is 5.41 Å². The van der Waals surface area contributed by atoms with E-state index < -0.39 is 0 Å². The van der Waals surface area contributed by atoms with Gasteiger partial charge in [0.2, 0.25) is 0 Å². The summed E-state index contributed by atoms with van der Waals surface area (Å²) in [6.07, 6.45) is 0. The molecule has 0 fully saturated rings. The Balaban J connectivity index is 2.73. The molecule has 16 heavy (non-hydrogen) atoms. The average molecular weight is 236 g/mol. The van der Waals surface area contributed by atoms with E-state index in [1.165, 1.54) is 0 Å². The number of thiocarbonyl (C=S) groups is 1. The number of hydrogen-bond donors (Lipinski definition) is 4. The van der Waals surface area contributed by atoms with Crippen molar-refractivity contribution in [3.63, 3.8) is 0 Å². The van der Waals surface area contributed by atoms with Gasteiger partial charge in [0, 0.05) is 12.7 Å². The van der Waals surface area contributed by atoms with E-state index >= 15 is 0 Å². The van der Waals surface area contributed by atoms with Gasteiger partial charge in [-0.1, -0.05) is 18.2 Å². The Kier molecular flexibility index (Phi) is 4.25. The first-order valence-electron chi connectivity index (χ1n) is 4.95. The van der Waals surface area contributed by atoms with Crippen molar-refractivity contribution in [2.45, 2.75) is 13.8 Å². The number of guanidine groups is 1. The zero-order valence-corrected chi connectivity index (χ0v) is 10.5. The van der Waals surface area contributed by atoms with Crippen molar-refractivity contribution in [3.8, 4) is 0 Å². The predicted molar refractivity (Wildman–Crippen MR) is 72.1 cm³/mol. The molecule has 0 aromatic heterocycles. The molecule has 0 atom stereocenters. The molecule has 0 saturated carbocycles. The van der Waals surface area contributed by atoms with Crippen molar-refractivity contribution in [2.24, 2.45) is 0 Å². The molecule has 0 unspecified atom stereocenters. The highest BCUT2D eigenvalue weighted by Crippen LogP contribution is 2.18. The molecule has 0 radical (unpaired) electrons. The first-order valence-corrected chi connectivity index (χ1v) is 5.36. The summed E-state index contributed by atoms with van der Waals surface area (Å²) in [5.41, 5.74) is 3.24. The molecule has 1 aromatic rings. The van der Waals surface area contributed by atoms with Crippen LogP contribution < -0.4 is 16.0 Å². The molecule has 4 nitrogen and oxygen atoms in total. The zero-order chi connectivity index (χ0) is 12.1. The van der Waals surface area contributed by atoms with Crippen molar-refractivity contribution < 1.29 is 0 Å². The molecular formula is C11H16N4S. The van der Waals surface area contributed by atoms with Crippen LogP contribution in [0, 0.1) is 19.3 Å². The maximum Gasteiger partial charge on any atom is 0.194 e. The van der Waals surface area contributed by atoms with E-state index in [-0.39, 0.29) is 5.96 Å². The van der Waals surface area contributed by atoms with Crippen molar-refractivity contribution in [2.75, 3.05) is 12.4 Å². The second-order valence-electron chi connectivity index (χ2n) is 3.47. The Hall–Kier alpha value is -1.62. The SMILES string of the molecule is CNC(=N)NC(=S)Nc1c(C)cccc1C. The summed E-state index contributed by atoms with van der Waals surface area (Å²) >= 11 is 5.09. The maximum absolute atomic E-state index is 7.39. The Bertz CT molecular complexity index is 394. The zero-order valence-electron chi connectivity index (χ0n) is 9.64. The minimum atomic E-state index is 0.170. The van der Waals surface area contributed by atoms with Crippen molar-refractivity contribution >= 4 is 29.0 Å². The Morgan fingerprint density at radius 3 is 2.31 bits per heavy atom. The van der Waals surface area contributed by atoms with Gasteiger partial charge in [0.05, 0.1) is 0 Å². The van der Waals surface area contributed by atoms with Crippen LogP contribution in [0.5, 0.6) is 0 Å². The third-order valence-corrected chi connectivity index (χ3v) is 2.41. The molecule has 86 valence electrons. The summed E-state index contributed by atoms with van der Waals surface area (Å²) in [5, 5.41) is 16.3. The van der Waals surface area contributed by atoms with Crippen LogP contribution in [0.2, 0.25) is 0 Å². The van der Waals surface area contributed by atoms with Gasteiger partial charge in [-0.3, -0.25) is 5.41 Å². The van der Waals surface area contributed by atoms with Gasteiger partial charge in [0.15, 0.2) is 11.1 Å². The van der Waals surface area contributed by atoms with Gasteiger partial charge < -0.3 is 16.0 Å². The van der Waals surface area contributed by atoms with Gasteiger partial charge in [-0.15, -0.1) is 0 Å². The highest BCUT2D eigenvalue weighted by Gasteiger charge is 2.04. The number of nitrogens with one attached hydrogen (secondary N) is 4. The minimum Gasteiger partial charge on any atom is -0.359 e. The fourth-order valence-corrected chi connectivity index (χ4v) is 1.54. The average Bonchev–Trinajstić information content (AvgIpc) is 2.23. The molecule has 0 saturated heterocycles. The molecule has 0 aliphatic heterocycles. The summed E-state index contributed by atoms with van der Waals surface area (Å²) in [6.45, 7) is 4.03. The third-order valence-electron chi connectivity index (χ3n) is 2.21. The van der Waals surface area contributed by atoms with Crippen molar-refractivity contribution in [3.05, 3.63) is 29.3 Å². The van der Waals surface area contributed by atoms with Crippen LogP contribution in [0.4, 0.5) is 5.69 Å². The lowest BCUT2D eigenvalue weighted by atomic mass is 10.1. The van der Waals surface area contributed by atoms with Crippen LogP contribution >= 0.6 is 12.2 Å². The number of aryl methyl sites for hydroxylation is 2. The van der Waals surface area contributed by atoms with Gasteiger partial charge >= 0.3 is 0 Å². The quantitative estimate of drug-likeness (QED) is 0.341. The second-order valence-corrected chi connectivity index (χ2v) is 3.88. The van der Waals surface area contributed by atoms with Gasteiger partial charge in [-0.25, -0.2) is 0 Å². The molecule has 0 heterocycles. The van der Waals surface area contributed by atoms with Gasteiger partial charge in [0.25, 0.3) is 0 Å². The minimum absolute atomic E-state index is 0.170. The van der Waals surface area contributed by atoms with Gasteiger partial charge in [0.1, 0.15) is 0 Å². The van der Waals surface area contributed by atoms with Crippen LogP contribution in [0.25, 0.3) is 0 Å². The second kappa shape index (κ2) is 5.46. The predicted octanol–water partition coefficient (Wildman–Crippen LogP) is 1.74. The molecule has 5 heteroatoms. The lowest BCUT2D eigenvalue weighted by Gasteiger charge is -2.14. The van der Waals surface area contributed by atoms with E-state index in [0.29, 0.717) is 5.11 Å². The molecule has 0 spiro atoms. The molecule has 0 aliphatic rings. The van der Waals surface area contributed by atoms with Gasteiger partial charge in [-0.05, 0) is 37.2 Å². The standard InChI is InChI=1S/C11H16N4S/c1-7-5-4-6-8(2)9(7)14-11(16)15-10(12)13-3/h4-6H,1-3H3,(H4,12,13,14,15,16). The topological polar surface area (TPSA) is 59.9 Å². The van der Waals surface area contributed by atoms with E-state index in [4.69, 9.17) is 17.6 Å². The number of rotatable bonds is 1. The number of para-hydroxylation sites is 1. The lowest BCUT2D eigenvalue weighted by molar-refractivity contribution is 1.07. The van der Waals surface area contributed by atoms with E-state index in [1.807, 2.05) is 32.0 Å². The normalized spacial score (nSPS) is 9.44. The summed E-state index contributed by atoms with van der Waals surface area (Å²) in [7, 11) is 1.66. The highest BCUT2D eigenvalue weighted by molar-refractivity contribution is 7.80. The number of benzene rings is 1. The van der Waals surface area contributed by atoms with E-state index in [1.54, 1.807) is 7.05 Å². The summed E-state index contributed by atoms with van der Waals surface area (Å²) in [4.78, 5) is 0. The molecule has 4 N–H and O–H groups in total. The van der Waals surface area contributed by atoms with Crippen LogP contribution in [-0.4, -0.2) is 18.1 Å². The van der Waals surface area contributed by atoms with Crippen LogP contribution in [0.3, 0.4) is 0 Å². The maximum atomic E-state index is 7.39. The Morgan fingerprint density at radius 1 is 1.25 bits per heavy atom. The molecule has 1 aromatic carbocycles. The fourth-order valence-electron chi connectivity index (χ4n) is 1.33. The first-order chi connectivity index (χ1) is 7.54. The van der Waals surface area contributed by atoms with Crippen LogP contribution in [0.1, 0.15) is 11.1 Å². The first kappa shape index (κ1) is 12.4. The smallest absolute Gasteiger partial charge is 0.194 e. The monoisotopic (exact) mass is 236 g/mol. The molecule has 0 bridgehead atoms. The van der Waals surface area contributed by atoms with E-state index in [9.17, 15) is 0 Å². The van der Waals surface area contributed by atoms with Crippen molar-refractivity contribution in [1.82, 2.24) is 10.6 Å². The summed E-state index contributed by atoms with van der Waals surface area (Å²) in [6, 6.07) is 6.03. The Labute approximate surface area is 101 Å². The Morgan fingerprint density at radius 2 is 1.81 bits per heavy atom. The summed E-state index contributed by atoms with van der Waals surface area (Å²) < 4.78 is 0. The number of anilines is 1. The lowest BCUT2D eigenvalue weighted by Crippen LogP contribution is -2.40. The van der Waals surface area contributed by atoms with E-state index in [0.717, 1.165) is 16.8 Å².